The quantitative estimate of drug-likeness (QED) is 0.773. The van der Waals surface area contributed by atoms with Crippen LogP contribution in [0.1, 0.15) is 17.3 Å². The van der Waals surface area contributed by atoms with Crippen molar-refractivity contribution in [2.75, 3.05) is 0 Å². The van der Waals surface area contributed by atoms with Gasteiger partial charge in [0.1, 0.15) is 4.99 Å². The van der Waals surface area contributed by atoms with Crippen molar-refractivity contribution in [3.8, 4) is 0 Å². The fourth-order valence-electron chi connectivity index (χ4n) is 1.55. The van der Waals surface area contributed by atoms with Gasteiger partial charge in [0.15, 0.2) is 5.82 Å². The van der Waals surface area contributed by atoms with Crippen molar-refractivity contribution in [1.82, 2.24) is 14.9 Å². The van der Waals surface area contributed by atoms with Crippen molar-refractivity contribution in [3.05, 3.63) is 41.5 Å². The number of nitrogens with two attached hydrogens (primary N) is 1. The van der Waals surface area contributed by atoms with Crippen molar-refractivity contribution >= 4 is 27.2 Å². The summed E-state index contributed by atoms with van der Waals surface area (Å²) in [5, 5.41) is 3.57. The van der Waals surface area contributed by atoms with Gasteiger partial charge in [0.25, 0.3) is 0 Å². The molecule has 0 saturated carbocycles. The van der Waals surface area contributed by atoms with Crippen molar-refractivity contribution in [3.63, 3.8) is 0 Å². The molecule has 9 heteroatoms. The first-order valence-electron chi connectivity index (χ1n) is 5.58. The van der Waals surface area contributed by atoms with Crippen molar-refractivity contribution in [2.45, 2.75) is 18.4 Å². The van der Waals surface area contributed by atoms with Gasteiger partial charge in [-0.1, -0.05) is 35.6 Å². The van der Waals surface area contributed by atoms with Gasteiger partial charge in [-0.05, 0) is 13.0 Å². The maximum absolute atomic E-state index is 12.2. The lowest BCUT2D eigenvalue weighted by atomic mass is 10.2. The Balaban J connectivity index is 2.25. The van der Waals surface area contributed by atoms with Gasteiger partial charge in [0.05, 0.1) is 11.4 Å². The summed E-state index contributed by atoms with van der Waals surface area (Å²) in [6.07, 6.45) is 0. The molecule has 0 amide bonds. The van der Waals surface area contributed by atoms with Crippen LogP contribution >= 0.6 is 12.2 Å². The number of nitrogens with one attached hydrogen (secondary N) is 1. The van der Waals surface area contributed by atoms with E-state index in [-0.39, 0.29) is 27.9 Å². The SMILES string of the molecule is Cc1noc(CNS(=O)(=O)c2ccccc2C(N)=S)n1. The largest absolute Gasteiger partial charge is 0.389 e. The molecule has 0 radical (unpaired) electrons. The summed E-state index contributed by atoms with van der Waals surface area (Å²) in [7, 11) is -3.77. The zero-order chi connectivity index (χ0) is 14.8. The third kappa shape index (κ3) is 3.18. The molecule has 1 aromatic heterocycles. The van der Waals surface area contributed by atoms with E-state index in [0.717, 1.165) is 0 Å². The van der Waals surface area contributed by atoms with Crippen LogP contribution in [-0.4, -0.2) is 23.5 Å². The molecule has 0 aliphatic heterocycles. The van der Waals surface area contributed by atoms with Gasteiger partial charge < -0.3 is 10.3 Å². The van der Waals surface area contributed by atoms with Crippen LogP contribution in [0.3, 0.4) is 0 Å². The number of benzene rings is 1. The van der Waals surface area contributed by atoms with E-state index in [9.17, 15) is 8.42 Å². The normalized spacial score (nSPS) is 11.4. The van der Waals surface area contributed by atoms with Crippen LogP contribution in [0.15, 0.2) is 33.7 Å². The Labute approximate surface area is 121 Å². The molecule has 7 nitrogen and oxygen atoms in total. The van der Waals surface area contributed by atoms with E-state index in [1.807, 2.05) is 0 Å². The number of rotatable bonds is 5. The monoisotopic (exact) mass is 312 g/mol. The summed E-state index contributed by atoms with van der Waals surface area (Å²) in [5.41, 5.74) is 5.81. The van der Waals surface area contributed by atoms with Crippen LogP contribution in [0.25, 0.3) is 0 Å². The Morgan fingerprint density at radius 2 is 2.15 bits per heavy atom. The zero-order valence-electron chi connectivity index (χ0n) is 10.5. The van der Waals surface area contributed by atoms with Gasteiger partial charge in [0.2, 0.25) is 15.9 Å². The van der Waals surface area contributed by atoms with Crippen LogP contribution in [0.2, 0.25) is 0 Å². The Kier molecular flexibility index (Phi) is 4.12. The summed E-state index contributed by atoms with van der Waals surface area (Å²) in [4.78, 5) is 3.94. The lowest BCUT2D eigenvalue weighted by molar-refractivity contribution is 0.372. The lowest BCUT2D eigenvalue weighted by Gasteiger charge is -2.09. The summed E-state index contributed by atoms with van der Waals surface area (Å²) in [5.74, 6) is 0.613. The molecule has 1 heterocycles. The fraction of sp³-hybridized carbons (Fsp3) is 0.182. The summed E-state index contributed by atoms with van der Waals surface area (Å²) < 4.78 is 31.6. The maximum Gasteiger partial charge on any atom is 0.241 e. The molecule has 0 bridgehead atoms. The lowest BCUT2D eigenvalue weighted by Crippen LogP contribution is -2.26. The van der Waals surface area contributed by atoms with Crippen molar-refractivity contribution in [2.24, 2.45) is 5.73 Å². The fourth-order valence-corrected chi connectivity index (χ4v) is 2.99. The number of aromatic nitrogens is 2. The third-order valence-electron chi connectivity index (χ3n) is 2.43. The number of thiocarbonyl (C=S) groups is 1. The molecular formula is C11H12N4O3S2. The highest BCUT2D eigenvalue weighted by molar-refractivity contribution is 7.89. The average molecular weight is 312 g/mol. The highest BCUT2D eigenvalue weighted by Gasteiger charge is 2.20. The van der Waals surface area contributed by atoms with E-state index in [1.165, 1.54) is 6.07 Å². The molecule has 1 aromatic carbocycles. The molecule has 0 fully saturated rings. The van der Waals surface area contributed by atoms with E-state index < -0.39 is 10.0 Å². The molecule has 2 rings (SSSR count). The zero-order valence-corrected chi connectivity index (χ0v) is 12.2. The maximum atomic E-state index is 12.2. The molecule has 106 valence electrons. The van der Waals surface area contributed by atoms with Crippen LogP contribution in [-0.2, 0) is 16.6 Å². The molecular weight excluding hydrogens is 300 g/mol. The topological polar surface area (TPSA) is 111 Å². The first-order valence-corrected chi connectivity index (χ1v) is 7.47. The van der Waals surface area contributed by atoms with Crippen molar-refractivity contribution in [1.29, 1.82) is 0 Å². The Hall–Kier alpha value is -1.84. The smallest absolute Gasteiger partial charge is 0.241 e. The van der Waals surface area contributed by atoms with E-state index in [4.69, 9.17) is 22.5 Å². The minimum absolute atomic E-state index is 0.0135. The molecule has 0 aliphatic carbocycles. The van der Waals surface area contributed by atoms with Crippen LogP contribution in [0.5, 0.6) is 0 Å². The van der Waals surface area contributed by atoms with Gasteiger partial charge >= 0.3 is 0 Å². The minimum atomic E-state index is -3.77. The second-order valence-corrected chi connectivity index (χ2v) is 6.10. The molecule has 0 spiro atoms. The van der Waals surface area contributed by atoms with Crippen LogP contribution < -0.4 is 10.5 Å². The Morgan fingerprint density at radius 1 is 1.45 bits per heavy atom. The van der Waals surface area contributed by atoms with Crippen molar-refractivity contribution < 1.29 is 12.9 Å². The van der Waals surface area contributed by atoms with Gasteiger partial charge in [0, 0.05) is 5.56 Å². The summed E-state index contributed by atoms with van der Waals surface area (Å²) >= 11 is 4.84. The number of hydrogen-bond donors (Lipinski definition) is 2. The number of sulfonamides is 1. The second kappa shape index (κ2) is 5.65. The van der Waals surface area contributed by atoms with Gasteiger partial charge in [-0.2, -0.15) is 4.98 Å². The highest BCUT2D eigenvalue weighted by atomic mass is 32.2. The number of hydrogen-bond acceptors (Lipinski definition) is 6. The van der Waals surface area contributed by atoms with Gasteiger partial charge in [-0.3, -0.25) is 0 Å². The summed E-state index contributed by atoms with van der Waals surface area (Å²) in [6, 6.07) is 6.23. The van der Waals surface area contributed by atoms with E-state index in [0.29, 0.717) is 5.82 Å². The molecule has 20 heavy (non-hydrogen) atoms. The van der Waals surface area contributed by atoms with E-state index >= 15 is 0 Å². The molecule has 0 unspecified atom stereocenters. The van der Waals surface area contributed by atoms with Crippen LogP contribution in [0, 0.1) is 6.92 Å². The molecule has 3 N–H and O–H groups in total. The first kappa shape index (κ1) is 14.6. The van der Waals surface area contributed by atoms with E-state index in [2.05, 4.69) is 14.9 Å². The van der Waals surface area contributed by atoms with Crippen LogP contribution in [0.4, 0.5) is 0 Å². The average Bonchev–Trinajstić information content (AvgIpc) is 2.82. The predicted octanol–water partition coefficient (Wildman–Crippen LogP) is 0.491. The highest BCUT2D eigenvalue weighted by Crippen LogP contribution is 2.15. The minimum Gasteiger partial charge on any atom is -0.389 e. The Bertz CT molecular complexity index is 740. The third-order valence-corrected chi connectivity index (χ3v) is 4.10. The van der Waals surface area contributed by atoms with E-state index in [1.54, 1.807) is 25.1 Å². The molecule has 0 aliphatic rings. The molecule has 0 saturated heterocycles. The Morgan fingerprint density at radius 3 is 2.75 bits per heavy atom. The first-order chi connectivity index (χ1) is 9.40. The standard InChI is InChI=1S/C11H12N4O3S2/c1-7-14-10(18-15-7)6-13-20(16,17)9-5-3-2-4-8(9)11(12)19/h2-5,13H,6H2,1H3,(H2,12,19). The summed E-state index contributed by atoms with van der Waals surface area (Å²) in [6.45, 7) is 1.54. The molecule has 0 atom stereocenters. The molecule has 2 aromatic rings. The number of nitrogens with zero attached hydrogens (tertiary/aromatic N) is 2. The predicted molar refractivity (Wildman–Crippen MR) is 75.4 cm³/mol. The van der Waals surface area contributed by atoms with Gasteiger partial charge in [-0.25, -0.2) is 13.1 Å². The number of aryl methyl sites for hydroxylation is 1. The second-order valence-electron chi connectivity index (χ2n) is 3.92. The van der Waals surface area contributed by atoms with Gasteiger partial charge in [-0.15, -0.1) is 0 Å².